The van der Waals surface area contributed by atoms with E-state index >= 15 is 0 Å². The molecule has 0 aliphatic carbocycles. The zero-order valence-electron chi connectivity index (χ0n) is 14.9. The predicted molar refractivity (Wildman–Crippen MR) is 98.3 cm³/mol. The van der Waals surface area contributed by atoms with Gasteiger partial charge in [0.1, 0.15) is 11.6 Å². The van der Waals surface area contributed by atoms with E-state index in [2.05, 4.69) is 17.4 Å². The molecule has 134 valence electrons. The van der Waals surface area contributed by atoms with Gasteiger partial charge in [-0.25, -0.2) is 4.39 Å². The monoisotopic (exact) mass is 343 g/mol. The van der Waals surface area contributed by atoms with E-state index in [0.29, 0.717) is 19.4 Å². The van der Waals surface area contributed by atoms with Crippen molar-refractivity contribution in [2.75, 3.05) is 6.54 Å². The molecular weight excluding hydrogens is 317 g/mol. The normalized spacial score (nSPS) is 10.7. The Balaban J connectivity index is 1.61. The van der Waals surface area contributed by atoms with Crippen LogP contribution in [0.3, 0.4) is 0 Å². The van der Waals surface area contributed by atoms with Crippen molar-refractivity contribution >= 4 is 5.91 Å². The van der Waals surface area contributed by atoms with Gasteiger partial charge in [0.05, 0.1) is 6.10 Å². The first kappa shape index (κ1) is 19.0. The molecule has 0 heterocycles. The van der Waals surface area contributed by atoms with Gasteiger partial charge in [-0.05, 0) is 68.5 Å². The minimum atomic E-state index is -0.253. The molecule has 2 aromatic rings. The summed E-state index contributed by atoms with van der Waals surface area (Å²) in [5.41, 5.74) is 2.21. The third-order valence-electron chi connectivity index (χ3n) is 3.81. The molecule has 0 saturated carbocycles. The second kappa shape index (κ2) is 9.82. The summed E-state index contributed by atoms with van der Waals surface area (Å²) in [6, 6.07) is 14.4. The number of hydrogen-bond donors (Lipinski definition) is 1. The minimum absolute atomic E-state index is 0.0324. The highest BCUT2D eigenvalue weighted by Gasteiger charge is 2.03. The Morgan fingerprint density at radius 2 is 1.60 bits per heavy atom. The van der Waals surface area contributed by atoms with Crippen LogP contribution in [0.4, 0.5) is 4.39 Å². The van der Waals surface area contributed by atoms with Crippen LogP contribution in [0.5, 0.6) is 5.75 Å². The number of hydrogen-bond acceptors (Lipinski definition) is 2. The molecule has 25 heavy (non-hydrogen) atoms. The van der Waals surface area contributed by atoms with Crippen LogP contribution in [0, 0.1) is 5.82 Å². The first-order valence-corrected chi connectivity index (χ1v) is 8.79. The second-order valence-electron chi connectivity index (χ2n) is 6.39. The van der Waals surface area contributed by atoms with Crippen LogP contribution in [0.15, 0.2) is 48.5 Å². The van der Waals surface area contributed by atoms with Crippen LogP contribution in [0.1, 0.15) is 37.8 Å². The lowest BCUT2D eigenvalue weighted by molar-refractivity contribution is -0.121. The third-order valence-corrected chi connectivity index (χ3v) is 3.81. The Morgan fingerprint density at radius 3 is 2.24 bits per heavy atom. The van der Waals surface area contributed by atoms with Crippen molar-refractivity contribution in [3.8, 4) is 5.75 Å². The van der Waals surface area contributed by atoms with E-state index in [-0.39, 0.29) is 17.8 Å². The van der Waals surface area contributed by atoms with Crippen molar-refractivity contribution in [3.63, 3.8) is 0 Å². The first-order chi connectivity index (χ1) is 12.0. The van der Waals surface area contributed by atoms with Crippen LogP contribution in [-0.2, 0) is 17.6 Å². The molecular formula is C21H26FNO2. The summed E-state index contributed by atoms with van der Waals surface area (Å²) in [6.07, 6.45) is 3.04. The fourth-order valence-electron chi connectivity index (χ4n) is 2.52. The second-order valence-corrected chi connectivity index (χ2v) is 6.39. The molecule has 0 radical (unpaired) electrons. The van der Waals surface area contributed by atoms with Gasteiger partial charge >= 0.3 is 0 Å². The number of benzene rings is 2. The molecule has 4 heteroatoms. The lowest BCUT2D eigenvalue weighted by Gasteiger charge is -2.10. The standard InChI is InChI=1S/C21H26FNO2/c1-16(2)25-20-12-7-17(8-13-20)4-3-15-23-21(24)14-9-18-5-10-19(22)11-6-18/h5-8,10-13,16H,3-4,9,14-15H2,1-2H3,(H,23,24). The Bertz CT molecular complexity index is 651. The summed E-state index contributed by atoms with van der Waals surface area (Å²) in [5, 5.41) is 2.93. The topological polar surface area (TPSA) is 38.3 Å². The quantitative estimate of drug-likeness (QED) is 0.690. The highest BCUT2D eigenvalue weighted by atomic mass is 19.1. The molecule has 0 unspecified atom stereocenters. The van der Waals surface area contributed by atoms with Crippen LogP contribution < -0.4 is 10.1 Å². The van der Waals surface area contributed by atoms with E-state index in [1.807, 2.05) is 26.0 Å². The zero-order chi connectivity index (χ0) is 18.1. The van der Waals surface area contributed by atoms with Gasteiger partial charge in [-0.2, -0.15) is 0 Å². The van der Waals surface area contributed by atoms with E-state index in [1.165, 1.54) is 17.7 Å². The van der Waals surface area contributed by atoms with Crippen LogP contribution in [0.2, 0.25) is 0 Å². The maximum atomic E-state index is 12.8. The molecule has 0 bridgehead atoms. The molecule has 1 N–H and O–H groups in total. The lowest BCUT2D eigenvalue weighted by atomic mass is 10.1. The Labute approximate surface area is 149 Å². The molecule has 0 saturated heterocycles. The largest absolute Gasteiger partial charge is 0.491 e. The number of nitrogens with one attached hydrogen (secondary N) is 1. The van der Waals surface area contributed by atoms with Crippen molar-refractivity contribution in [2.24, 2.45) is 0 Å². The van der Waals surface area contributed by atoms with E-state index < -0.39 is 0 Å². The van der Waals surface area contributed by atoms with Gasteiger partial charge in [0.15, 0.2) is 0 Å². The zero-order valence-corrected chi connectivity index (χ0v) is 14.9. The van der Waals surface area contributed by atoms with Gasteiger partial charge in [0.25, 0.3) is 0 Å². The molecule has 0 atom stereocenters. The van der Waals surface area contributed by atoms with Gasteiger partial charge in [-0.3, -0.25) is 4.79 Å². The van der Waals surface area contributed by atoms with Crippen molar-refractivity contribution < 1.29 is 13.9 Å². The van der Waals surface area contributed by atoms with Crippen molar-refractivity contribution in [1.29, 1.82) is 0 Å². The average molecular weight is 343 g/mol. The molecule has 1 amide bonds. The van der Waals surface area contributed by atoms with Gasteiger partial charge in [0, 0.05) is 13.0 Å². The van der Waals surface area contributed by atoms with Crippen molar-refractivity contribution in [2.45, 2.75) is 45.6 Å². The van der Waals surface area contributed by atoms with E-state index in [1.54, 1.807) is 12.1 Å². The third kappa shape index (κ3) is 7.38. The number of ether oxygens (including phenoxy) is 1. The predicted octanol–water partition coefficient (Wildman–Crippen LogP) is 4.29. The summed E-state index contributed by atoms with van der Waals surface area (Å²) >= 11 is 0. The summed E-state index contributed by atoms with van der Waals surface area (Å²) in [7, 11) is 0. The highest BCUT2D eigenvalue weighted by molar-refractivity contribution is 5.76. The van der Waals surface area contributed by atoms with E-state index in [0.717, 1.165) is 24.2 Å². The number of amides is 1. The fraction of sp³-hybridized carbons (Fsp3) is 0.381. The first-order valence-electron chi connectivity index (χ1n) is 8.79. The number of carbonyl (C=O) groups is 1. The Hall–Kier alpha value is -2.36. The molecule has 0 aliphatic rings. The molecule has 2 rings (SSSR count). The van der Waals surface area contributed by atoms with Gasteiger partial charge in [-0.1, -0.05) is 24.3 Å². The molecule has 0 aliphatic heterocycles. The molecule has 3 nitrogen and oxygen atoms in total. The molecule has 2 aromatic carbocycles. The Kier molecular flexibility index (Phi) is 7.45. The number of halogens is 1. The molecule has 0 fully saturated rings. The Morgan fingerprint density at radius 1 is 1.00 bits per heavy atom. The molecule has 0 spiro atoms. The SMILES string of the molecule is CC(C)Oc1ccc(CCCNC(=O)CCc2ccc(F)cc2)cc1. The van der Waals surface area contributed by atoms with E-state index in [9.17, 15) is 9.18 Å². The number of aryl methyl sites for hydroxylation is 2. The fourth-order valence-corrected chi connectivity index (χ4v) is 2.52. The van der Waals surface area contributed by atoms with Crippen molar-refractivity contribution in [3.05, 3.63) is 65.5 Å². The summed E-state index contributed by atoms with van der Waals surface area (Å²) < 4.78 is 18.4. The summed E-state index contributed by atoms with van der Waals surface area (Å²) in [5.74, 6) is 0.662. The summed E-state index contributed by atoms with van der Waals surface area (Å²) in [6.45, 7) is 4.67. The molecule has 0 aromatic heterocycles. The van der Waals surface area contributed by atoms with Crippen LogP contribution >= 0.6 is 0 Å². The smallest absolute Gasteiger partial charge is 0.220 e. The maximum absolute atomic E-state index is 12.8. The summed E-state index contributed by atoms with van der Waals surface area (Å²) in [4.78, 5) is 11.8. The number of carbonyl (C=O) groups excluding carboxylic acids is 1. The van der Waals surface area contributed by atoms with Gasteiger partial charge < -0.3 is 10.1 Å². The number of rotatable bonds is 9. The van der Waals surface area contributed by atoms with Crippen LogP contribution in [-0.4, -0.2) is 18.6 Å². The van der Waals surface area contributed by atoms with Crippen molar-refractivity contribution in [1.82, 2.24) is 5.32 Å². The van der Waals surface area contributed by atoms with E-state index in [4.69, 9.17) is 4.74 Å². The van der Waals surface area contributed by atoms with Crippen LogP contribution in [0.25, 0.3) is 0 Å². The lowest BCUT2D eigenvalue weighted by Crippen LogP contribution is -2.24. The minimum Gasteiger partial charge on any atom is -0.491 e. The highest BCUT2D eigenvalue weighted by Crippen LogP contribution is 2.14. The maximum Gasteiger partial charge on any atom is 0.220 e. The van der Waals surface area contributed by atoms with Gasteiger partial charge in [-0.15, -0.1) is 0 Å². The average Bonchev–Trinajstić information content (AvgIpc) is 2.59. The van der Waals surface area contributed by atoms with Gasteiger partial charge in [0.2, 0.25) is 5.91 Å².